The van der Waals surface area contributed by atoms with Crippen LogP contribution in [0.2, 0.25) is 0 Å². The number of carbonyl (C=O) groups is 3. The largest absolute Gasteiger partial charge is 0.357 e. The van der Waals surface area contributed by atoms with Crippen LogP contribution in [0.5, 0.6) is 0 Å². The summed E-state index contributed by atoms with van der Waals surface area (Å²) in [5.74, 6) is -2.75. The number of amides is 2. The highest BCUT2D eigenvalue weighted by Crippen LogP contribution is 2.26. The zero-order valence-corrected chi connectivity index (χ0v) is 17.5. The summed E-state index contributed by atoms with van der Waals surface area (Å²) in [6, 6.07) is 11.3. The first kappa shape index (κ1) is 20.7. The lowest BCUT2D eigenvalue weighted by Crippen LogP contribution is -2.39. The van der Waals surface area contributed by atoms with Gasteiger partial charge in [0, 0.05) is 5.56 Å². The van der Waals surface area contributed by atoms with Crippen LogP contribution >= 0.6 is 0 Å². The van der Waals surface area contributed by atoms with Crippen LogP contribution in [0, 0.1) is 5.92 Å². The van der Waals surface area contributed by atoms with E-state index < -0.39 is 33.8 Å². The van der Waals surface area contributed by atoms with Gasteiger partial charge in [0.15, 0.2) is 6.04 Å². The number of fused-ring (bicyclic) bond motifs is 2. The maximum Gasteiger partial charge on any atom is 0.357 e. The summed E-state index contributed by atoms with van der Waals surface area (Å²) in [5.41, 5.74) is 0.623. The van der Waals surface area contributed by atoms with E-state index in [-0.39, 0.29) is 27.8 Å². The molecule has 2 aromatic carbocycles. The molecule has 9 nitrogen and oxygen atoms in total. The van der Waals surface area contributed by atoms with Crippen LogP contribution in [0.4, 0.5) is 0 Å². The van der Waals surface area contributed by atoms with Crippen LogP contribution in [0.25, 0.3) is 0 Å². The molecule has 2 amide bonds. The minimum atomic E-state index is -3.79. The van der Waals surface area contributed by atoms with E-state index in [2.05, 4.69) is 9.71 Å². The number of benzene rings is 2. The lowest BCUT2D eigenvalue weighted by molar-refractivity contribution is -0.171. The number of hydroxylamine groups is 2. The maximum atomic E-state index is 13.0. The summed E-state index contributed by atoms with van der Waals surface area (Å²) in [5, 5.41) is 0.426. The molecule has 0 saturated heterocycles. The fourth-order valence-corrected chi connectivity index (χ4v) is 4.64. The number of sulfonamides is 1. The summed E-state index contributed by atoms with van der Waals surface area (Å²) in [4.78, 5) is 47.5. The fraction of sp³-hybridized carbons (Fsp3) is 0.238. The number of aliphatic imine (C=N–C) groups is 1. The molecule has 0 aliphatic carbocycles. The van der Waals surface area contributed by atoms with E-state index in [4.69, 9.17) is 4.84 Å². The molecule has 2 atom stereocenters. The molecular formula is C21H19N3O6S. The number of hydrogen-bond acceptors (Lipinski definition) is 7. The molecule has 0 aromatic heterocycles. The SMILES string of the molecule is CCC(C)C(N=C1NS(=O)(=O)c2ccccc21)C(=O)ON1C(=O)c2ccccc2C1=O. The highest BCUT2D eigenvalue weighted by Gasteiger charge is 2.41. The number of imide groups is 1. The van der Waals surface area contributed by atoms with Crippen molar-refractivity contribution in [2.45, 2.75) is 31.2 Å². The number of hydrogen-bond donors (Lipinski definition) is 1. The summed E-state index contributed by atoms with van der Waals surface area (Å²) in [7, 11) is -3.79. The van der Waals surface area contributed by atoms with Crippen molar-refractivity contribution in [1.29, 1.82) is 0 Å². The smallest absolute Gasteiger partial charge is 0.327 e. The van der Waals surface area contributed by atoms with Gasteiger partial charge in [-0.1, -0.05) is 49.6 Å². The minimum absolute atomic E-state index is 0.0141. The second kappa shape index (κ2) is 7.62. The molecule has 0 spiro atoms. The van der Waals surface area contributed by atoms with Gasteiger partial charge in [0.25, 0.3) is 21.8 Å². The molecule has 0 saturated carbocycles. The highest BCUT2D eigenvalue weighted by molar-refractivity contribution is 7.90. The van der Waals surface area contributed by atoms with Crippen molar-refractivity contribution in [3.8, 4) is 0 Å². The van der Waals surface area contributed by atoms with Gasteiger partial charge < -0.3 is 4.84 Å². The van der Waals surface area contributed by atoms with E-state index in [9.17, 15) is 22.8 Å². The van der Waals surface area contributed by atoms with Gasteiger partial charge in [0.05, 0.1) is 16.0 Å². The van der Waals surface area contributed by atoms with Gasteiger partial charge in [-0.15, -0.1) is 0 Å². The fourth-order valence-electron chi connectivity index (χ4n) is 3.40. The molecular weight excluding hydrogens is 422 g/mol. The second-order valence-electron chi connectivity index (χ2n) is 7.27. The maximum absolute atomic E-state index is 13.0. The first-order chi connectivity index (χ1) is 14.7. The number of rotatable bonds is 5. The van der Waals surface area contributed by atoms with Crippen LogP contribution in [-0.2, 0) is 19.7 Å². The van der Waals surface area contributed by atoms with Gasteiger partial charge in [-0.3, -0.25) is 19.3 Å². The normalized spacial score (nSPS) is 19.5. The zero-order chi connectivity index (χ0) is 22.3. The molecule has 2 aromatic rings. The molecule has 160 valence electrons. The second-order valence-corrected chi connectivity index (χ2v) is 8.92. The van der Waals surface area contributed by atoms with Crippen molar-refractivity contribution in [3.05, 3.63) is 65.2 Å². The Kier molecular flexibility index (Phi) is 5.10. The third kappa shape index (κ3) is 3.48. The average molecular weight is 441 g/mol. The van der Waals surface area contributed by atoms with E-state index in [1.54, 1.807) is 37.3 Å². The van der Waals surface area contributed by atoms with E-state index in [1.807, 2.05) is 6.92 Å². The van der Waals surface area contributed by atoms with Crippen LogP contribution in [0.1, 0.15) is 46.5 Å². The summed E-state index contributed by atoms with van der Waals surface area (Å²) >= 11 is 0. The van der Waals surface area contributed by atoms with Crippen LogP contribution in [0.3, 0.4) is 0 Å². The quantitative estimate of drug-likeness (QED) is 0.707. The van der Waals surface area contributed by atoms with Crippen molar-refractivity contribution < 1.29 is 27.6 Å². The third-order valence-electron chi connectivity index (χ3n) is 5.29. The molecule has 10 heteroatoms. The first-order valence-corrected chi connectivity index (χ1v) is 11.1. The van der Waals surface area contributed by atoms with E-state index in [0.29, 0.717) is 17.0 Å². The Morgan fingerprint density at radius 3 is 2.16 bits per heavy atom. The number of nitrogens with one attached hydrogen (secondary N) is 1. The Morgan fingerprint density at radius 2 is 1.58 bits per heavy atom. The van der Waals surface area contributed by atoms with Gasteiger partial charge in [0.1, 0.15) is 5.84 Å². The Morgan fingerprint density at radius 1 is 1.03 bits per heavy atom. The van der Waals surface area contributed by atoms with E-state index >= 15 is 0 Å². The molecule has 0 radical (unpaired) electrons. The molecule has 2 heterocycles. The monoisotopic (exact) mass is 441 g/mol. The van der Waals surface area contributed by atoms with Crippen LogP contribution in [0.15, 0.2) is 58.4 Å². The van der Waals surface area contributed by atoms with Crippen molar-refractivity contribution in [2.24, 2.45) is 10.9 Å². The Balaban J connectivity index is 1.65. The van der Waals surface area contributed by atoms with Crippen molar-refractivity contribution in [2.75, 3.05) is 0 Å². The minimum Gasteiger partial charge on any atom is -0.327 e. The molecule has 2 aliphatic heterocycles. The van der Waals surface area contributed by atoms with Crippen molar-refractivity contribution >= 4 is 33.6 Å². The topological polar surface area (TPSA) is 122 Å². The highest BCUT2D eigenvalue weighted by atomic mass is 32.2. The lowest BCUT2D eigenvalue weighted by Gasteiger charge is -2.20. The molecule has 2 unspecified atom stereocenters. The predicted octanol–water partition coefficient (Wildman–Crippen LogP) is 1.89. The zero-order valence-electron chi connectivity index (χ0n) is 16.7. The molecule has 4 rings (SSSR count). The van der Waals surface area contributed by atoms with Gasteiger partial charge in [-0.25, -0.2) is 13.2 Å². The van der Waals surface area contributed by atoms with Crippen molar-refractivity contribution in [1.82, 2.24) is 9.79 Å². The average Bonchev–Trinajstić information content (AvgIpc) is 3.17. The number of carbonyl (C=O) groups excluding carboxylic acids is 3. The predicted molar refractivity (Wildman–Crippen MR) is 110 cm³/mol. The summed E-state index contributed by atoms with van der Waals surface area (Å²) in [6.45, 7) is 3.58. The lowest BCUT2D eigenvalue weighted by atomic mass is 10.00. The molecule has 0 fully saturated rings. The van der Waals surface area contributed by atoms with Gasteiger partial charge in [0.2, 0.25) is 0 Å². The van der Waals surface area contributed by atoms with Crippen LogP contribution in [-0.4, -0.2) is 43.1 Å². The van der Waals surface area contributed by atoms with Crippen LogP contribution < -0.4 is 4.72 Å². The number of amidine groups is 1. The van der Waals surface area contributed by atoms with Gasteiger partial charge >= 0.3 is 5.97 Å². The summed E-state index contributed by atoms with van der Waals surface area (Å²) < 4.78 is 27.0. The first-order valence-electron chi connectivity index (χ1n) is 9.64. The van der Waals surface area contributed by atoms with Gasteiger partial charge in [-0.05, 0) is 30.2 Å². The standard InChI is InChI=1S/C21H19N3O6S/c1-3-12(2)17(22-18-15-10-6-7-11-16(15)31(28,29)23-18)21(27)30-24-19(25)13-8-4-5-9-14(13)20(24)26/h4-12,17H,3H2,1-2H3,(H,22,23). The van der Waals surface area contributed by atoms with Crippen molar-refractivity contribution in [3.63, 3.8) is 0 Å². The Bertz CT molecular complexity index is 1200. The molecule has 0 bridgehead atoms. The Labute approximate surface area is 178 Å². The number of nitrogens with zero attached hydrogens (tertiary/aromatic N) is 2. The van der Waals surface area contributed by atoms with E-state index in [1.165, 1.54) is 18.2 Å². The molecule has 1 N–H and O–H groups in total. The van der Waals surface area contributed by atoms with E-state index in [0.717, 1.165) is 0 Å². The molecule has 2 aliphatic rings. The molecule has 31 heavy (non-hydrogen) atoms. The third-order valence-corrected chi connectivity index (χ3v) is 6.69. The van der Waals surface area contributed by atoms with Gasteiger partial charge in [-0.2, -0.15) is 0 Å². The summed E-state index contributed by atoms with van der Waals surface area (Å²) in [6.07, 6.45) is 0.521. The Hall–Kier alpha value is -3.53.